The standard InChI is InChI=1S/C18H22ClN/c1-10-9-11(2)13(4)17(12(10)3)18(20)15-7-6-8-16(19)14(15)5/h6-9,18H,20H2,1-5H3. The predicted molar refractivity (Wildman–Crippen MR) is 87.6 cm³/mol. The molecule has 0 amide bonds. The predicted octanol–water partition coefficient (Wildman–Crippen LogP) is 4.93. The number of hydrogen-bond acceptors (Lipinski definition) is 1. The van der Waals surface area contributed by atoms with Crippen molar-refractivity contribution in [3.05, 3.63) is 68.2 Å². The normalized spacial score (nSPS) is 12.6. The van der Waals surface area contributed by atoms with Crippen LogP contribution in [0.2, 0.25) is 5.02 Å². The van der Waals surface area contributed by atoms with Gasteiger partial charge in [0.05, 0.1) is 6.04 Å². The van der Waals surface area contributed by atoms with Gasteiger partial charge in [-0.25, -0.2) is 0 Å². The molecular formula is C18H22ClN. The molecular weight excluding hydrogens is 266 g/mol. The lowest BCUT2D eigenvalue weighted by atomic mass is 9.86. The molecule has 0 aliphatic heterocycles. The third kappa shape index (κ3) is 2.48. The van der Waals surface area contributed by atoms with Crippen molar-refractivity contribution < 1.29 is 0 Å². The van der Waals surface area contributed by atoms with Crippen molar-refractivity contribution in [2.24, 2.45) is 5.73 Å². The molecule has 0 fully saturated rings. The summed E-state index contributed by atoms with van der Waals surface area (Å²) in [5.74, 6) is 0. The van der Waals surface area contributed by atoms with Crippen LogP contribution in [-0.4, -0.2) is 0 Å². The van der Waals surface area contributed by atoms with Gasteiger partial charge < -0.3 is 5.73 Å². The van der Waals surface area contributed by atoms with E-state index in [4.69, 9.17) is 17.3 Å². The second-order valence-electron chi connectivity index (χ2n) is 5.61. The molecule has 0 aliphatic carbocycles. The number of rotatable bonds is 2. The van der Waals surface area contributed by atoms with Crippen LogP contribution in [0.3, 0.4) is 0 Å². The third-order valence-electron chi connectivity index (χ3n) is 4.38. The fraction of sp³-hybridized carbons (Fsp3) is 0.333. The number of aryl methyl sites for hydroxylation is 2. The summed E-state index contributed by atoms with van der Waals surface area (Å²) in [6, 6.07) is 8.05. The molecule has 0 saturated carbocycles. The lowest BCUT2D eigenvalue weighted by Crippen LogP contribution is -2.17. The number of benzene rings is 2. The highest BCUT2D eigenvalue weighted by molar-refractivity contribution is 6.31. The fourth-order valence-electron chi connectivity index (χ4n) is 2.83. The van der Waals surface area contributed by atoms with Crippen LogP contribution in [-0.2, 0) is 0 Å². The Morgan fingerprint density at radius 3 is 2.00 bits per heavy atom. The first-order chi connectivity index (χ1) is 9.34. The van der Waals surface area contributed by atoms with Gasteiger partial charge in [0.2, 0.25) is 0 Å². The van der Waals surface area contributed by atoms with Gasteiger partial charge in [0.15, 0.2) is 0 Å². The van der Waals surface area contributed by atoms with E-state index in [0.717, 1.165) is 16.1 Å². The second kappa shape index (κ2) is 5.59. The van der Waals surface area contributed by atoms with Crippen LogP contribution in [0, 0.1) is 34.6 Å². The highest BCUT2D eigenvalue weighted by atomic mass is 35.5. The van der Waals surface area contributed by atoms with Gasteiger partial charge in [-0.2, -0.15) is 0 Å². The molecule has 2 heteroatoms. The molecule has 0 heterocycles. The molecule has 2 aromatic carbocycles. The van der Waals surface area contributed by atoms with Crippen molar-refractivity contribution in [3.8, 4) is 0 Å². The topological polar surface area (TPSA) is 26.0 Å². The van der Waals surface area contributed by atoms with Crippen LogP contribution in [0.4, 0.5) is 0 Å². The molecule has 0 spiro atoms. The van der Waals surface area contributed by atoms with Gasteiger partial charge >= 0.3 is 0 Å². The highest BCUT2D eigenvalue weighted by Gasteiger charge is 2.19. The molecule has 1 atom stereocenters. The highest BCUT2D eigenvalue weighted by Crippen LogP contribution is 2.33. The maximum atomic E-state index is 6.57. The first-order valence-electron chi connectivity index (χ1n) is 6.92. The maximum absolute atomic E-state index is 6.57. The van der Waals surface area contributed by atoms with E-state index < -0.39 is 0 Å². The summed E-state index contributed by atoms with van der Waals surface area (Å²) >= 11 is 6.23. The minimum Gasteiger partial charge on any atom is -0.320 e. The summed E-state index contributed by atoms with van der Waals surface area (Å²) in [6.07, 6.45) is 0. The van der Waals surface area contributed by atoms with Crippen LogP contribution >= 0.6 is 11.6 Å². The Bertz CT molecular complexity index is 633. The van der Waals surface area contributed by atoms with Gasteiger partial charge in [-0.3, -0.25) is 0 Å². The first-order valence-corrected chi connectivity index (χ1v) is 7.30. The molecule has 0 bridgehead atoms. The van der Waals surface area contributed by atoms with E-state index in [-0.39, 0.29) is 6.04 Å². The Morgan fingerprint density at radius 1 is 0.900 bits per heavy atom. The van der Waals surface area contributed by atoms with Crippen LogP contribution in [0.1, 0.15) is 45.0 Å². The number of nitrogens with two attached hydrogens (primary N) is 1. The molecule has 2 rings (SSSR count). The zero-order valence-corrected chi connectivity index (χ0v) is 13.6. The van der Waals surface area contributed by atoms with E-state index in [0.29, 0.717) is 0 Å². The summed E-state index contributed by atoms with van der Waals surface area (Å²) in [7, 11) is 0. The van der Waals surface area contributed by atoms with E-state index in [1.54, 1.807) is 0 Å². The van der Waals surface area contributed by atoms with Crippen LogP contribution in [0.15, 0.2) is 24.3 Å². The van der Waals surface area contributed by atoms with Crippen molar-refractivity contribution in [1.29, 1.82) is 0 Å². The van der Waals surface area contributed by atoms with Crippen LogP contribution in [0.5, 0.6) is 0 Å². The average molecular weight is 288 g/mol. The minimum atomic E-state index is -0.132. The molecule has 0 saturated heterocycles. The summed E-state index contributed by atoms with van der Waals surface area (Å²) in [5, 5.41) is 0.776. The second-order valence-corrected chi connectivity index (χ2v) is 6.01. The van der Waals surface area contributed by atoms with Gasteiger partial charge in [-0.1, -0.05) is 29.8 Å². The van der Waals surface area contributed by atoms with Gasteiger partial charge in [-0.15, -0.1) is 0 Å². The maximum Gasteiger partial charge on any atom is 0.0560 e. The molecule has 20 heavy (non-hydrogen) atoms. The third-order valence-corrected chi connectivity index (χ3v) is 4.79. The largest absolute Gasteiger partial charge is 0.320 e. The first kappa shape index (κ1) is 15.1. The molecule has 1 nitrogen and oxygen atoms in total. The van der Waals surface area contributed by atoms with Gasteiger partial charge in [0.1, 0.15) is 0 Å². The zero-order chi connectivity index (χ0) is 15.0. The lowest BCUT2D eigenvalue weighted by Gasteiger charge is -2.23. The average Bonchev–Trinajstić information content (AvgIpc) is 2.40. The Balaban J connectivity index is 2.65. The van der Waals surface area contributed by atoms with Crippen molar-refractivity contribution in [1.82, 2.24) is 0 Å². The van der Waals surface area contributed by atoms with Crippen LogP contribution in [0.25, 0.3) is 0 Å². The summed E-state index contributed by atoms with van der Waals surface area (Å²) < 4.78 is 0. The Labute approximate surface area is 126 Å². The van der Waals surface area contributed by atoms with Gasteiger partial charge in [-0.05, 0) is 79.6 Å². The van der Waals surface area contributed by atoms with Crippen molar-refractivity contribution in [2.45, 2.75) is 40.7 Å². The zero-order valence-electron chi connectivity index (χ0n) is 12.8. The van der Waals surface area contributed by atoms with Crippen molar-refractivity contribution >= 4 is 11.6 Å². The van der Waals surface area contributed by atoms with Gasteiger partial charge in [0.25, 0.3) is 0 Å². The van der Waals surface area contributed by atoms with E-state index >= 15 is 0 Å². The van der Waals surface area contributed by atoms with E-state index in [9.17, 15) is 0 Å². The smallest absolute Gasteiger partial charge is 0.0560 e. The molecule has 106 valence electrons. The molecule has 0 radical (unpaired) electrons. The molecule has 1 unspecified atom stereocenters. The van der Waals surface area contributed by atoms with Crippen molar-refractivity contribution in [3.63, 3.8) is 0 Å². The summed E-state index contributed by atoms with van der Waals surface area (Å²) in [5.41, 5.74) is 15.1. The van der Waals surface area contributed by atoms with Crippen molar-refractivity contribution in [2.75, 3.05) is 0 Å². The van der Waals surface area contributed by atoms with E-state index in [1.165, 1.54) is 27.8 Å². The molecule has 0 aromatic heterocycles. The fourth-order valence-corrected chi connectivity index (χ4v) is 3.01. The number of halogens is 1. The summed E-state index contributed by atoms with van der Waals surface area (Å²) in [6.45, 7) is 10.6. The Kier molecular flexibility index (Phi) is 4.22. The Morgan fingerprint density at radius 2 is 1.45 bits per heavy atom. The van der Waals surface area contributed by atoms with Crippen LogP contribution < -0.4 is 5.73 Å². The molecule has 0 aliphatic rings. The number of hydrogen-bond donors (Lipinski definition) is 1. The SMILES string of the molecule is Cc1cc(C)c(C)c(C(N)c2cccc(Cl)c2C)c1C. The summed E-state index contributed by atoms with van der Waals surface area (Å²) in [4.78, 5) is 0. The molecule has 2 N–H and O–H groups in total. The quantitative estimate of drug-likeness (QED) is 0.833. The van der Waals surface area contributed by atoms with E-state index in [2.05, 4.69) is 39.8 Å². The van der Waals surface area contributed by atoms with E-state index in [1.807, 2.05) is 19.1 Å². The van der Waals surface area contributed by atoms with Gasteiger partial charge in [0, 0.05) is 5.02 Å². The monoisotopic (exact) mass is 287 g/mol. The Hall–Kier alpha value is -1.31. The molecule has 2 aromatic rings. The lowest BCUT2D eigenvalue weighted by molar-refractivity contribution is 0.837. The minimum absolute atomic E-state index is 0.132.